The van der Waals surface area contributed by atoms with Gasteiger partial charge in [-0.1, -0.05) is 6.42 Å². The Labute approximate surface area is 104 Å². The number of aromatic nitrogens is 1. The van der Waals surface area contributed by atoms with Crippen LogP contribution in [0.5, 0.6) is 0 Å². The minimum atomic E-state index is -0.587. The Balaban J connectivity index is 1.81. The molecule has 0 saturated heterocycles. The molecule has 18 heavy (non-hydrogen) atoms. The zero-order valence-electron chi connectivity index (χ0n) is 9.85. The van der Waals surface area contributed by atoms with Crippen molar-refractivity contribution in [3.63, 3.8) is 0 Å². The maximum Gasteiger partial charge on any atom is 0.232 e. The first-order valence-electron chi connectivity index (χ1n) is 5.99. The van der Waals surface area contributed by atoms with Crippen LogP contribution in [0.2, 0.25) is 0 Å². The summed E-state index contributed by atoms with van der Waals surface area (Å²) < 4.78 is 5.18. The zero-order valence-corrected chi connectivity index (χ0v) is 9.85. The summed E-state index contributed by atoms with van der Waals surface area (Å²) in [5, 5.41) is 12.2. The molecule has 2 N–H and O–H groups in total. The van der Waals surface area contributed by atoms with Gasteiger partial charge in [0.15, 0.2) is 12.0 Å². The first kappa shape index (κ1) is 11.2. The Hall–Kier alpha value is -1.88. The van der Waals surface area contributed by atoms with Gasteiger partial charge in [-0.05, 0) is 25.0 Å². The molecular weight excluding hydrogens is 232 g/mol. The molecule has 1 aliphatic rings. The number of anilines is 1. The van der Waals surface area contributed by atoms with Gasteiger partial charge in [-0.15, -0.1) is 0 Å². The Morgan fingerprint density at radius 1 is 1.50 bits per heavy atom. The standard InChI is InChI=1S/C13H14N2O3/c16-7-13(4-1-5-13)12(17)15-9-2-3-10-11(6-9)18-8-14-10/h2-3,6,8,16H,1,4-5,7H2,(H,15,17). The summed E-state index contributed by atoms with van der Waals surface area (Å²) in [5.74, 6) is -0.116. The molecule has 1 aromatic heterocycles. The number of carbonyl (C=O) groups is 1. The van der Waals surface area contributed by atoms with Crippen LogP contribution >= 0.6 is 0 Å². The Kier molecular flexibility index (Phi) is 2.56. The van der Waals surface area contributed by atoms with Gasteiger partial charge in [-0.3, -0.25) is 4.79 Å². The van der Waals surface area contributed by atoms with Crippen LogP contribution in [0, 0.1) is 5.41 Å². The van der Waals surface area contributed by atoms with Crippen LogP contribution in [-0.2, 0) is 4.79 Å². The second-order valence-corrected chi connectivity index (χ2v) is 4.78. The van der Waals surface area contributed by atoms with Gasteiger partial charge in [0, 0.05) is 11.8 Å². The van der Waals surface area contributed by atoms with Crippen molar-refractivity contribution in [1.82, 2.24) is 4.98 Å². The monoisotopic (exact) mass is 246 g/mol. The van der Waals surface area contributed by atoms with Crippen LogP contribution in [0.4, 0.5) is 5.69 Å². The summed E-state index contributed by atoms with van der Waals surface area (Å²) in [6.07, 6.45) is 3.87. The lowest BCUT2D eigenvalue weighted by Crippen LogP contribution is -2.44. The van der Waals surface area contributed by atoms with E-state index in [0.717, 1.165) is 24.8 Å². The predicted octanol–water partition coefficient (Wildman–Crippen LogP) is 1.93. The van der Waals surface area contributed by atoms with Crippen molar-refractivity contribution in [2.75, 3.05) is 11.9 Å². The van der Waals surface area contributed by atoms with Crippen molar-refractivity contribution in [2.45, 2.75) is 19.3 Å². The van der Waals surface area contributed by atoms with Crippen LogP contribution in [0.25, 0.3) is 11.1 Å². The molecule has 1 saturated carbocycles. The van der Waals surface area contributed by atoms with Gasteiger partial charge in [0.25, 0.3) is 0 Å². The van der Waals surface area contributed by atoms with E-state index in [0.29, 0.717) is 11.3 Å². The van der Waals surface area contributed by atoms with Gasteiger partial charge in [0.1, 0.15) is 5.52 Å². The molecule has 1 amide bonds. The fraction of sp³-hybridized carbons (Fsp3) is 0.385. The number of nitrogens with one attached hydrogen (secondary N) is 1. The molecule has 0 unspecified atom stereocenters. The molecule has 1 fully saturated rings. The Morgan fingerprint density at radius 3 is 3.00 bits per heavy atom. The van der Waals surface area contributed by atoms with E-state index < -0.39 is 5.41 Å². The number of hydrogen-bond acceptors (Lipinski definition) is 4. The van der Waals surface area contributed by atoms with E-state index in [1.807, 2.05) is 0 Å². The molecule has 5 heteroatoms. The molecule has 0 bridgehead atoms. The third-order valence-electron chi connectivity index (χ3n) is 3.68. The fourth-order valence-electron chi connectivity index (χ4n) is 2.26. The van der Waals surface area contributed by atoms with Crippen molar-refractivity contribution in [3.05, 3.63) is 24.6 Å². The maximum atomic E-state index is 12.1. The molecule has 0 radical (unpaired) electrons. The third kappa shape index (κ3) is 1.67. The van der Waals surface area contributed by atoms with E-state index in [1.165, 1.54) is 6.39 Å². The topological polar surface area (TPSA) is 75.4 Å². The summed E-state index contributed by atoms with van der Waals surface area (Å²) in [7, 11) is 0. The zero-order chi connectivity index (χ0) is 12.6. The fourth-order valence-corrected chi connectivity index (χ4v) is 2.26. The number of aliphatic hydroxyl groups excluding tert-OH is 1. The van der Waals surface area contributed by atoms with Crippen molar-refractivity contribution in [1.29, 1.82) is 0 Å². The molecule has 1 aliphatic carbocycles. The molecule has 1 aromatic carbocycles. The van der Waals surface area contributed by atoms with Crippen LogP contribution in [-0.4, -0.2) is 22.6 Å². The van der Waals surface area contributed by atoms with Gasteiger partial charge in [-0.2, -0.15) is 0 Å². The van der Waals surface area contributed by atoms with Gasteiger partial charge in [0.2, 0.25) is 5.91 Å². The van der Waals surface area contributed by atoms with Gasteiger partial charge >= 0.3 is 0 Å². The minimum Gasteiger partial charge on any atom is -0.443 e. The van der Waals surface area contributed by atoms with Crippen molar-refractivity contribution < 1.29 is 14.3 Å². The Bertz CT molecular complexity index is 581. The Morgan fingerprint density at radius 2 is 2.33 bits per heavy atom. The molecule has 0 spiro atoms. The molecule has 94 valence electrons. The van der Waals surface area contributed by atoms with Gasteiger partial charge < -0.3 is 14.8 Å². The number of carbonyl (C=O) groups excluding carboxylic acids is 1. The number of amides is 1. The van der Waals surface area contributed by atoms with E-state index in [2.05, 4.69) is 10.3 Å². The predicted molar refractivity (Wildman–Crippen MR) is 66.0 cm³/mol. The molecule has 3 rings (SSSR count). The van der Waals surface area contributed by atoms with Gasteiger partial charge in [0.05, 0.1) is 12.0 Å². The molecule has 1 heterocycles. The summed E-state index contributed by atoms with van der Waals surface area (Å²) in [4.78, 5) is 16.1. The first-order valence-corrected chi connectivity index (χ1v) is 5.99. The molecular formula is C13H14N2O3. The summed E-state index contributed by atoms with van der Waals surface area (Å²) in [6.45, 7) is -0.0939. The number of benzene rings is 1. The quantitative estimate of drug-likeness (QED) is 0.867. The summed E-state index contributed by atoms with van der Waals surface area (Å²) in [5.41, 5.74) is 1.48. The van der Waals surface area contributed by atoms with E-state index >= 15 is 0 Å². The number of fused-ring (bicyclic) bond motifs is 1. The number of hydrogen-bond donors (Lipinski definition) is 2. The van der Waals surface area contributed by atoms with Gasteiger partial charge in [-0.25, -0.2) is 4.98 Å². The number of nitrogens with zero attached hydrogens (tertiary/aromatic N) is 1. The molecule has 0 atom stereocenters. The SMILES string of the molecule is O=C(Nc1ccc2ncoc2c1)C1(CO)CCC1. The van der Waals surface area contributed by atoms with Crippen LogP contribution in [0.15, 0.2) is 29.0 Å². The van der Waals surface area contributed by atoms with Crippen molar-refractivity contribution in [2.24, 2.45) is 5.41 Å². The van der Waals surface area contributed by atoms with E-state index in [9.17, 15) is 9.90 Å². The molecule has 0 aliphatic heterocycles. The second-order valence-electron chi connectivity index (χ2n) is 4.78. The number of rotatable bonds is 3. The number of oxazole rings is 1. The highest BCUT2D eigenvalue weighted by molar-refractivity contribution is 5.97. The molecule has 2 aromatic rings. The highest BCUT2D eigenvalue weighted by Gasteiger charge is 2.43. The van der Waals surface area contributed by atoms with E-state index in [1.54, 1.807) is 18.2 Å². The highest BCUT2D eigenvalue weighted by Crippen LogP contribution is 2.41. The average molecular weight is 246 g/mol. The van der Waals surface area contributed by atoms with Crippen LogP contribution in [0.1, 0.15) is 19.3 Å². The lowest BCUT2D eigenvalue weighted by atomic mass is 9.68. The summed E-state index contributed by atoms with van der Waals surface area (Å²) in [6, 6.07) is 5.32. The van der Waals surface area contributed by atoms with Crippen LogP contribution in [0.3, 0.4) is 0 Å². The van der Waals surface area contributed by atoms with Crippen molar-refractivity contribution >= 4 is 22.7 Å². The minimum absolute atomic E-state index is 0.0939. The molecule has 5 nitrogen and oxygen atoms in total. The lowest BCUT2D eigenvalue weighted by molar-refractivity contribution is -0.133. The van der Waals surface area contributed by atoms with Crippen molar-refractivity contribution in [3.8, 4) is 0 Å². The number of aliphatic hydroxyl groups is 1. The maximum absolute atomic E-state index is 12.1. The highest BCUT2D eigenvalue weighted by atomic mass is 16.3. The third-order valence-corrected chi connectivity index (χ3v) is 3.68. The average Bonchev–Trinajstić information content (AvgIpc) is 2.75. The van der Waals surface area contributed by atoms with E-state index in [-0.39, 0.29) is 12.5 Å². The van der Waals surface area contributed by atoms with E-state index in [4.69, 9.17) is 4.42 Å². The largest absolute Gasteiger partial charge is 0.443 e. The van der Waals surface area contributed by atoms with Crippen LogP contribution < -0.4 is 5.32 Å². The second kappa shape index (κ2) is 4.10. The smallest absolute Gasteiger partial charge is 0.232 e. The lowest BCUT2D eigenvalue weighted by Gasteiger charge is -2.38. The normalized spacial score (nSPS) is 17.4. The summed E-state index contributed by atoms with van der Waals surface area (Å²) >= 11 is 0. The first-order chi connectivity index (χ1) is 8.73.